The molecule has 0 spiro atoms. The van der Waals surface area contributed by atoms with E-state index in [0.717, 1.165) is 0 Å². The van der Waals surface area contributed by atoms with Gasteiger partial charge in [-0.15, -0.1) is 0 Å². The van der Waals surface area contributed by atoms with Gasteiger partial charge in [-0.1, -0.05) is 35.4 Å². The van der Waals surface area contributed by atoms with Crippen molar-refractivity contribution in [3.05, 3.63) is 70.1 Å². The summed E-state index contributed by atoms with van der Waals surface area (Å²) < 4.78 is 0. The zero-order valence-corrected chi connectivity index (χ0v) is 10.9. The number of para-hydroxylation sites is 1. The third-order valence-electron chi connectivity index (χ3n) is 2.74. The largest absolute Gasteiger partial charge is 0.366 e. The normalized spacial score (nSPS) is 9.52. The molecule has 0 heterocycles. The van der Waals surface area contributed by atoms with Crippen molar-refractivity contribution in [1.29, 1.82) is 0 Å². The molecule has 3 N–H and O–H groups in total. The van der Waals surface area contributed by atoms with Crippen LogP contribution >= 0.6 is 0 Å². The van der Waals surface area contributed by atoms with Crippen molar-refractivity contribution < 1.29 is 9.59 Å². The van der Waals surface area contributed by atoms with Crippen molar-refractivity contribution in [2.45, 2.75) is 0 Å². The second-order valence-electron chi connectivity index (χ2n) is 4.07. The molecule has 0 aliphatic heterocycles. The number of rotatable bonds is 4. The van der Waals surface area contributed by atoms with Crippen LogP contribution < -0.4 is 11.1 Å². The van der Waals surface area contributed by atoms with Crippen LogP contribution in [0.15, 0.2) is 53.6 Å². The molecule has 0 bridgehead atoms. The third kappa shape index (κ3) is 3.17. The summed E-state index contributed by atoms with van der Waals surface area (Å²) in [6.07, 6.45) is 0. The summed E-state index contributed by atoms with van der Waals surface area (Å²) in [5.74, 6) is -1.14. The number of anilines is 1. The molecule has 0 unspecified atom stereocenters. The molecule has 2 rings (SSSR count). The number of benzene rings is 2. The average molecular weight is 281 g/mol. The van der Waals surface area contributed by atoms with Gasteiger partial charge in [0, 0.05) is 10.5 Å². The van der Waals surface area contributed by atoms with E-state index in [1.807, 2.05) is 0 Å². The van der Waals surface area contributed by atoms with E-state index < -0.39 is 11.8 Å². The summed E-state index contributed by atoms with van der Waals surface area (Å²) in [4.78, 5) is 26.2. The molecule has 2 amide bonds. The Hall–Kier alpha value is -3.31. The van der Waals surface area contributed by atoms with Gasteiger partial charge in [0.2, 0.25) is 0 Å². The van der Waals surface area contributed by atoms with Crippen molar-refractivity contribution in [2.75, 3.05) is 5.32 Å². The lowest BCUT2D eigenvalue weighted by molar-refractivity contribution is 0.100. The highest BCUT2D eigenvalue weighted by Gasteiger charge is 2.13. The maximum absolute atomic E-state index is 12.2. The number of nitrogens with two attached hydrogens (primary N) is 1. The van der Waals surface area contributed by atoms with Crippen LogP contribution in [0.25, 0.3) is 10.4 Å². The lowest BCUT2D eigenvalue weighted by Crippen LogP contribution is -2.18. The van der Waals surface area contributed by atoms with E-state index in [-0.39, 0.29) is 16.8 Å². The quantitative estimate of drug-likeness (QED) is 0.508. The Morgan fingerprint density at radius 2 is 1.67 bits per heavy atom. The van der Waals surface area contributed by atoms with Crippen LogP contribution in [0, 0.1) is 0 Å². The van der Waals surface area contributed by atoms with Crippen LogP contribution in [0.1, 0.15) is 20.7 Å². The molecule has 7 nitrogen and oxygen atoms in total. The molecule has 21 heavy (non-hydrogen) atoms. The van der Waals surface area contributed by atoms with Crippen LogP contribution in [0.4, 0.5) is 11.4 Å². The fourth-order valence-corrected chi connectivity index (χ4v) is 1.80. The first-order chi connectivity index (χ1) is 10.1. The van der Waals surface area contributed by atoms with Crippen molar-refractivity contribution >= 4 is 23.2 Å². The minimum atomic E-state index is -0.644. The molecule has 2 aromatic carbocycles. The van der Waals surface area contributed by atoms with Gasteiger partial charge in [-0.2, -0.15) is 0 Å². The first-order valence-electron chi connectivity index (χ1n) is 5.98. The first-order valence-corrected chi connectivity index (χ1v) is 5.98. The molecular weight excluding hydrogens is 270 g/mol. The SMILES string of the molecule is [N-]=[N+]=Nc1ccccc1C(=O)Nc1ccccc1C(N)=O. The summed E-state index contributed by atoms with van der Waals surface area (Å²) in [6, 6.07) is 12.7. The molecule has 0 aromatic heterocycles. The maximum atomic E-state index is 12.2. The molecule has 0 atom stereocenters. The first kappa shape index (κ1) is 14.1. The number of nitrogens with one attached hydrogen (secondary N) is 1. The highest BCUT2D eigenvalue weighted by atomic mass is 16.2. The van der Waals surface area contributed by atoms with E-state index >= 15 is 0 Å². The number of azide groups is 1. The lowest BCUT2D eigenvalue weighted by Gasteiger charge is -2.10. The van der Waals surface area contributed by atoms with Crippen LogP contribution in [0.2, 0.25) is 0 Å². The van der Waals surface area contributed by atoms with Gasteiger partial charge in [-0.3, -0.25) is 9.59 Å². The van der Waals surface area contributed by atoms with Crippen LogP contribution in [-0.2, 0) is 0 Å². The predicted molar refractivity (Wildman–Crippen MR) is 78.2 cm³/mol. The smallest absolute Gasteiger partial charge is 0.256 e. The molecule has 0 aliphatic carbocycles. The Bertz CT molecular complexity index is 751. The summed E-state index contributed by atoms with van der Waals surface area (Å²) in [6.45, 7) is 0. The Balaban J connectivity index is 2.35. The van der Waals surface area contributed by atoms with Crippen LogP contribution in [0.3, 0.4) is 0 Å². The number of primary amides is 1. The summed E-state index contributed by atoms with van der Waals surface area (Å²) in [5.41, 5.74) is 14.7. The van der Waals surface area contributed by atoms with Crippen LogP contribution in [-0.4, -0.2) is 11.8 Å². The number of nitrogens with zero attached hydrogens (tertiary/aromatic N) is 3. The van der Waals surface area contributed by atoms with E-state index in [4.69, 9.17) is 11.3 Å². The lowest BCUT2D eigenvalue weighted by atomic mass is 10.1. The molecule has 7 heteroatoms. The van der Waals surface area contributed by atoms with Gasteiger partial charge >= 0.3 is 0 Å². The Kier molecular flexibility index (Phi) is 4.18. The number of amides is 2. The molecule has 0 fully saturated rings. The minimum Gasteiger partial charge on any atom is -0.366 e. The summed E-state index contributed by atoms with van der Waals surface area (Å²) in [5, 5.41) is 6.04. The molecule has 0 aliphatic rings. The van der Waals surface area contributed by atoms with Gasteiger partial charge in [0.25, 0.3) is 11.8 Å². The van der Waals surface area contributed by atoms with Gasteiger partial charge in [0.15, 0.2) is 0 Å². The zero-order valence-electron chi connectivity index (χ0n) is 10.9. The Morgan fingerprint density at radius 1 is 1.05 bits per heavy atom. The molecule has 0 saturated heterocycles. The van der Waals surface area contributed by atoms with Crippen LogP contribution in [0.5, 0.6) is 0 Å². The highest BCUT2D eigenvalue weighted by Crippen LogP contribution is 2.21. The van der Waals surface area contributed by atoms with E-state index in [9.17, 15) is 9.59 Å². The zero-order chi connectivity index (χ0) is 15.2. The molecule has 104 valence electrons. The van der Waals surface area contributed by atoms with Gasteiger partial charge < -0.3 is 11.1 Å². The molecule has 0 radical (unpaired) electrons. The summed E-state index contributed by atoms with van der Waals surface area (Å²) >= 11 is 0. The fourth-order valence-electron chi connectivity index (χ4n) is 1.80. The van der Waals surface area contributed by atoms with Crippen molar-refractivity contribution in [3.8, 4) is 0 Å². The number of hydrogen-bond donors (Lipinski definition) is 2. The van der Waals surface area contributed by atoms with Gasteiger partial charge in [-0.25, -0.2) is 0 Å². The topological polar surface area (TPSA) is 121 Å². The number of hydrogen-bond acceptors (Lipinski definition) is 3. The average Bonchev–Trinajstić information content (AvgIpc) is 2.48. The Labute approximate surface area is 120 Å². The monoisotopic (exact) mass is 281 g/mol. The third-order valence-corrected chi connectivity index (χ3v) is 2.74. The second kappa shape index (κ2) is 6.23. The second-order valence-corrected chi connectivity index (χ2v) is 4.07. The number of carbonyl (C=O) groups excluding carboxylic acids is 2. The fraction of sp³-hybridized carbons (Fsp3) is 0. The summed E-state index contributed by atoms with van der Waals surface area (Å²) in [7, 11) is 0. The minimum absolute atomic E-state index is 0.201. The van der Waals surface area contributed by atoms with E-state index in [1.54, 1.807) is 30.3 Å². The van der Waals surface area contributed by atoms with Crippen molar-refractivity contribution in [3.63, 3.8) is 0 Å². The van der Waals surface area contributed by atoms with Gasteiger partial charge in [-0.05, 0) is 23.7 Å². The van der Waals surface area contributed by atoms with Gasteiger partial charge in [0.05, 0.1) is 16.9 Å². The van der Waals surface area contributed by atoms with Crippen molar-refractivity contribution in [2.24, 2.45) is 10.8 Å². The van der Waals surface area contributed by atoms with E-state index in [0.29, 0.717) is 5.69 Å². The molecule has 0 saturated carbocycles. The maximum Gasteiger partial charge on any atom is 0.256 e. The number of carbonyl (C=O) groups is 2. The Morgan fingerprint density at radius 3 is 2.33 bits per heavy atom. The molecule has 2 aromatic rings. The van der Waals surface area contributed by atoms with Gasteiger partial charge in [0.1, 0.15) is 0 Å². The standard InChI is InChI=1S/C14H11N5O2/c15-13(20)9-5-1-3-7-11(9)17-14(21)10-6-2-4-8-12(10)18-19-16/h1-8H,(H2,15,20)(H,17,21). The van der Waals surface area contributed by atoms with E-state index in [2.05, 4.69) is 15.3 Å². The predicted octanol–water partition coefficient (Wildman–Crippen LogP) is 2.98. The highest BCUT2D eigenvalue weighted by molar-refractivity contribution is 6.10. The van der Waals surface area contributed by atoms with E-state index in [1.165, 1.54) is 18.2 Å². The molecular formula is C14H11N5O2. The van der Waals surface area contributed by atoms with Crippen molar-refractivity contribution in [1.82, 2.24) is 0 Å².